The van der Waals surface area contributed by atoms with Gasteiger partial charge < -0.3 is 15.4 Å². The first-order chi connectivity index (χ1) is 11.2. The van der Waals surface area contributed by atoms with Crippen molar-refractivity contribution in [2.24, 2.45) is 5.92 Å². The van der Waals surface area contributed by atoms with Gasteiger partial charge in [-0.05, 0) is 57.2 Å². The molecular weight excluding hydrogens is 300 g/mol. The SMILES string of the molecule is CC(=O)C(C)(C)c1ccc(N(CC(C)C)C2CCOCC2)c(N)c1. The number of carbonyl (C=O) groups excluding carboxylic acids is 1. The summed E-state index contributed by atoms with van der Waals surface area (Å²) in [6.07, 6.45) is 2.07. The highest BCUT2D eigenvalue weighted by atomic mass is 16.5. The molecule has 0 aliphatic carbocycles. The van der Waals surface area contributed by atoms with Crippen LogP contribution in [0.25, 0.3) is 0 Å². The molecule has 1 aromatic rings. The number of nitrogens with zero attached hydrogens (tertiary/aromatic N) is 1. The summed E-state index contributed by atoms with van der Waals surface area (Å²) >= 11 is 0. The predicted molar refractivity (Wildman–Crippen MR) is 101 cm³/mol. The molecule has 0 bridgehead atoms. The number of carbonyl (C=O) groups is 1. The quantitative estimate of drug-likeness (QED) is 0.806. The average Bonchev–Trinajstić information content (AvgIpc) is 2.53. The molecule has 24 heavy (non-hydrogen) atoms. The molecule has 0 amide bonds. The van der Waals surface area contributed by atoms with Crippen LogP contribution in [0, 0.1) is 5.92 Å². The molecule has 0 radical (unpaired) electrons. The molecule has 0 atom stereocenters. The molecule has 1 fully saturated rings. The van der Waals surface area contributed by atoms with Crippen LogP contribution in [0.5, 0.6) is 0 Å². The van der Waals surface area contributed by atoms with Gasteiger partial charge in [0.25, 0.3) is 0 Å². The fourth-order valence-electron chi connectivity index (χ4n) is 3.24. The van der Waals surface area contributed by atoms with E-state index in [2.05, 4.69) is 30.9 Å². The summed E-state index contributed by atoms with van der Waals surface area (Å²) in [7, 11) is 0. The van der Waals surface area contributed by atoms with E-state index in [1.165, 1.54) is 0 Å². The molecule has 0 unspecified atom stereocenters. The lowest BCUT2D eigenvalue weighted by Gasteiger charge is -2.38. The fourth-order valence-corrected chi connectivity index (χ4v) is 3.24. The van der Waals surface area contributed by atoms with Crippen LogP contribution in [0.2, 0.25) is 0 Å². The second kappa shape index (κ2) is 7.56. The normalized spacial score (nSPS) is 16.4. The Morgan fingerprint density at radius 1 is 1.33 bits per heavy atom. The number of rotatable bonds is 6. The number of Topliss-reactive ketones (excluding diaryl/α,β-unsaturated/α-hetero) is 1. The third-order valence-electron chi connectivity index (χ3n) is 5.13. The van der Waals surface area contributed by atoms with Gasteiger partial charge in [0.05, 0.1) is 11.4 Å². The molecule has 0 aromatic heterocycles. The van der Waals surface area contributed by atoms with Crippen LogP contribution in [-0.2, 0) is 14.9 Å². The highest BCUT2D eigenvalue weighted by Crippen LogP contribution is 2.34. The van der Waals surface area contributed by atoms with E-state index in [0.717, 1.165) is 49.5 Å². The molecule has 2 rings (SSSR count). The molecule has 0 spiro atoms. The number of nitrogens with two attached hydrogens (primary N) is 1. The molecule has 134 valence electrons. The van der Waals surface area contributed by atoms with Crippen LogP contribution in [0.4, 0.5) is 11.4 Å². The molecule has 1 aromatic carbocycles. The lowest BCUT2D eigenvalue weighted by Crippen LogP contribution is -2.42. The highest BCUT2D eigenvalue weighted by molar-refractivity contribution is 5.88. The van der Waals surface area contributed by atoms with Crippen molar-refractivity contribution >= 4 is 17.2 Å². The van der Waals surface area contributed by atoms with Gasteiger partial charge in [-0.2, -0.15) is 0 Å². The first-order valence-electron chi connectivity index (χ1n) is 8.99. The van der Waals surface area contributed by atoms with Crippen LogP contribution in [-0.4, -0.2) is 31.6 Å². The van der Waals surface area contributed by atoms with Gasteiger partial charge in [0.1, 0.15) is 5.78 Å². The first kappa shape index (κ1) is 18.8. The van der Waals surface area contributed by atoms with Crippen molar-refractivity contribution in [2.75, 3.05) is 30.4 Å². The summed E-state index contributed by atoms with van der Waals surface area (Å²) in [5.41, 5.74) is 8.73. The fraction of sp³-hybridized carbons (Fsp3) is 0.650. The van der Waals surface area contributed by atoms with Gasteiger partial charge in [-0.15, -0.1) is 0 Å². The summed E-state index contributed by atoms with van der Waals surface area (Å²) in [5.74, 6) is 0.707. The van der Waals surface area contributed by atoms with Gasteiger partial charge >= 0.3 is 0 Å². The number of ether oxygens (including phenoxy) is 1. The third-order valence-corrected chi connectivity index (χ3v) is 5.13. The molecule has 0 saturated carbocycles. The Morgan fingerprint density at radius 3 is 2.46 bits per heavy atom. The largest absolute Gasteiger partial charge is 0.397 e. The number of ketones is 1. The minimum Gasteiger partial charge on any atom is -0.397 e. The van der Waals surface area contributed by atoms with E-state index >= 15 is 0 Å². The highest BCUT2D eigenvalue weighted by Gasteiger charge is 2.28. The number of hydrogen-bond donors (Lipinski definition) is 1. The van der Waals surface area contributed by atoms with E-state index in [9.17, 15) is 4.79 Å². The zero-order valence-electron chi connectivity index (χ0n) is 15.8. The van der Waals surface area contributed by atoms with E-state index < -0.39 is 5.41 Å². The Bertz CT molecular complexity index is 575. The summed E-state index contributed by atoms with van der Waals surface area (Å²) in [6, 6.07) is 6.59. The topological polar surface area (TPSA) is 55.6 Å². The van der Waals surface area contributed by atoms with E-state index in [1.54, 1.807) is 6.92 Å². The van der Waals surface area contributed by atoms with Crippen molar-refractivity contribution in [3.05, 3.63) is 23.8 Å². The molecule has 1 aliphatic rings. The van der Waals surface area contributed by atoms with Crippen molar-refractivity contribution in [2.45, 2.75) is 58.9 Å². The summed E-state index contributed by atoms with van der Waals surface area (Å²) in [6.45, 7) is 12.6. The summed E-state index contributed by atoms with van der Waals surface area (Å²) in [5, 5.41) is 0. The Morgan fingerprint density at radius 2 is 1.96 bits per heavy atom. The maximum atomic E-state index is 11.9. The molecule has 2 N–H and O–H groups in total. The van der Waals surface area contributed by atoms with E-state index in [-0.39, 0.29) is 5.78 Å². The third kappa shape index (κ3) is 4.10. The second-order valence-electron chi connectivity index (χ2n) is 7.84. The van der Waals surface area contributed by atoms with Gasteiger partial charge in [0.2, 0.25) is 0 Å². The lowest BCUT2D eigenvalue weighted by atomic mass is 9.81. The van der Waals surface area contributed by atoms with Crippen LogP contribution < -0.4 is 10.6 Å². The maximum absolute atomic E-state index is 11.9. The van der Waals surface area contributed by atoms with Crippen LogP contribution in [0.15, 0.2) is 18.2 Å². The van der Waals surface area contributed by atoms with Gasteiger partial charge in [0.15, 0.2) is 0 Å². The Hall–Kier alpha value is -1.55. The molecule has 1 aliphatic heterocycles. The Kier molecular flexibility index (Phi) is 5.92. The van der Waals surface area contributed by atoms with Crippen LogP contribution in [0.3, 0.4) is 0 Å². The van der Waals surface area contributed by atoms with Crippen LogP contribution in [0.1, 0.15) is 53.0 Å². The van der Waals surface area contributed by atoms with Gasteiger partial charge in [0, 0.05) is 31.2 Å². The van der Waals surface area contributed by atoms with E-state index in [0.29, 0.717) is 12.0 Å². The molecule has 4 nitrogen and oxygen atoms in total. The van der Waals surface area contributed by atoms with Gasteiger partial charge in [-0.25, -0.2) is 0 Å². The van der Waals surface area contributed by atoms with Crippen molar-refractivity contribution in [1.82, 2.24) is 0 Å². The number of benzene rings is 1. The minimum absolute atomic E-state index is 0.151. The smallest absolute Gasteiger partial charge is 0.139 e. The van der Waals surface area contributed by atoms with Crippen molar-refractivity contribution in [1.29, 1.82) is 0 Å². The number of nitrogen functional groups attached to an aromatic ring is 1. The lowest BCUT2D eigenvalue weighted by molar-refractivity contribution is -0.121. The molecular formula is C20H32N2O2. The predicted octanol–water partition coefficient (Wildman–Crippen LogP) is 3.78. The zero-order chi connectivity index (χ0) is 17.9. The standard InChI is InChI=1S/C20H32N2O2/c1-14(2)13-22(17-8-10-24-11-9-17)19-7-6-16(12-18(19)21)20(4,5)15(3)23/h6-7,12,14,17H,8-11,13,21H2,1-5H3. The zero-order valence-corrected chi connectivity index (χ0v) is 15.8. The molecule has 1 heterocycles. The Balaban J connectivity index is 2.34. The van der Waals surface area contributed by atoms with Crippen molar-refractivity contribution in [3.8, 4) is 0 Å². The average molecular weight is 332 g/mol. The molecule has 1 saturated heterocycles. The van der Waals surface area contributed by atoms with Crippen molar-refractivity contribution < 1.29 is 9.53 Å². The summed E-state index contributed by atoms with van der Waals surface area (Å²) < 4.78 is 5.52. The second-order valence-corrected chi connectivity index (χ2v) is 7.84. The van der Waals surface area contributed by atoms with Gasteiger partial charge in [-0.3, -0.25) is 4.79 Å². The first-order valence-corrected chi connectivity index (χ1v) is 8.99. The van der Waals surface area contributed by atoms with Gasteiger partial charge in [-0.1, -0.05) is 19.9 Å². The van der Waals surface area contributed by atoms with Crippen molar-refractivity contribution in [3.63, 3.8) is 0 Å². The maximum Gasteiger partial charge on any atom is 0.139 e. The summed E-state index contributed by atoms with van der Waals surface area (Å²) in [4.78, 5) is 14.4. The number of anilines is 2. The van der Waals surface area contributed by atoms with E-state index in [1.807, 2.05) is 19.9 Å². The molecule has 4 heteroatoms. The Labute approximate surface area is 146 Å². The van der Waals surface area contributed by atoms with E-state index in [4.69, 9.17) is 10.5 Å². The minimum atomic E-state index is -0.506. The number of hydrogen-bond acceptors (Lipinski definition) is 4. The van der Waals surface area contributed by atoms with Crippen LogP contribution >= 0.6 is 0 Å². The monoisotopic (exact) mass is 332 g/mol.